The number of phosphoric acid groups is 1. The van der Waals surface area contributed by atoms with E-state index in [0.29, 0.717) is 6.61 Å². The van der Waals surface area contributed by atoms with Crippen LogP contribution in [0.2, 0.25) is 0 Å². The van der Waals surface area contributed by atoms with Gasteiger partial charge >= 0.3 is 19.8 Å². The summed E-state index contributed by atoms with van der Waals surface area (Å²) in [4.78, 5) is 33.6. The van der Waals surface area contributed by atoms with Gasteiger partial charge < -0.3 is 25.2 Å². The van der Waals surface area contributed by atoms with Crippen LogP contribution in [0.1, 0.15) is 264 Å². The molecule has 3 atom stereocenters. The van der Waals surface area contributed by atoms with E-state index in [1.54, 1.807) is 0 Å². The average Bonchev–Trinajstić information content (AvgIpc) is 3.23. The predicted molar refractivity (Wildman–Crippen MR) is 249 cm³/mol. The van der Waals surface area contributed by atoms with Crippen LogP contribution in [0.4, 0.5) is 0 Å². The highest BCUT2D eigenvalue weighted by Crippen LogP contribution is 2.43. The fourth-order valence-electron chi connectivity index (χ4n) is 7.67. The van der Waals surface area contributed by atoms with Crippen LogP contribution in [-0.2, 0) is 32.7 Å². The molecular weight excluding hydrogens is 778 g/mol. The van der Waals surface area contributed by atoms with Crippen LogP contribution in [0, 0.1) is 0 Å². The summed E-state index contributed by atoms with van der Waals surface area (Å²) in [6.07, 6.45) is 48.8. The molecule has 0 aliphatic carbocycles. The summed E-state index contributed by atoms with van der Waals surface area (Å²) in [5.41, 5.74) is 5.37. The summed E-state index contributed by atoms with van der Waals surface area (Å²) >= 11 is 0. The zero-order chi connectivity index (χ0) is 44.0. The van der Waals surface area contributed by atoms with Crippen molar-refractivity contribution in [1.82, 2.24) is 0 Å². The van der Waals surface area contributed by atoms with Gasteiger partial charge in [0.05, 0.1) is 19.8 Å². The SMILES string of the molecule is CCCCCCCCCCCCCCCCCCCCCCCCCCC(=O)O[C@H](COCCCCCCCCCCCCCCCC)COP(=O)(O)OC[C@H](N)C(=O)O. The second-order valence-electron chi connectivity index (χ2n) is 17.7. The van der Waals surface area contributed by atoms with E-state index in [1.165, 1.54) is 205 Å². The molecule has 11 heteroatoms. The number of unbranched alkanes of at least 4 members (excludes halogenated alkanes) is 36. The van der Waals surface area contributed by atoms with Crippen molar-refractivity contribution in [2.75, 3.05) is 26.4 Å². The van der Waals surface area contributed by atoms with Gasteiger partial charge in [0.1, 0.15) is 12.1 Å². The molecule has 0 radical (unpaired) electrons. The van der Waals surface area contributed by atoms with Gasteiger partial charge in [-0.2, -0.15) is 0 Å². The van der Waals surface area contributed by atoms with Crippen LogP contribution in [0.3, 0.4) is 0 Å². The fourth-order valence-corrected chi connectivity index (χ4v) is 8.44. The third kappa shape index (κ3) is 45.0. The van der Waals surface area contributed by atoms with E-state index in [1.807, 2.05) is 0 Å². The van der Waals surface area contributed by atoms with Crippen LogP contribution in [0.15, 0.2) is 0 Å². The lowest BCUT2D eigenvalue weighted by molar-refractivity contribution is -0.154. The molecule has 0 aromatic heterocycles. The first-order valence-corrected chi connectivity index (χ1v) is 27.1. The Hall–Kier alpha value is -1.03. The van der Waals surface area contributed by atoms with Gasteiger partial charge in [0.15, 0.2) is 0 Å². The van der Waals surface area contributed by atoms with E-state index >= 15 is 0 Å². The number of carboxylic acids is 1. The molecule has 4 N–H and O–H groups in total. The number of hydrogen-bond donors (Lipinski definition) is 3. The minimum absolute atomic E-state index is 0.0261. The Morgan fingerprint density at radius 3 is 1.10 bits per heavy atom. The number of nitrogens with two attached hydrogens (primary N) is 1. The number of phosphoric ester groups is 1. The maximum atomic E-state index is 12.7. The van der Waals surface area contributed by atoms with Crippen LogP contribution in [0.25, 0.3) is 0 Å². The zero-order valence-corrected chi connectivity index (χ0v) is 40.2. The molecule has 0 aromatic carbocycles. The number of carboxylic acid groups (broad SMARTS) is 1. The molecule has 0 saturated heterocycles. The van der Waals surface area contributed by atoms with Crippen molar-refractivity contribution in [3.05, 3.63) is 0 Å². The molecule has 60 heavy (non-hydrogen) atoms. The van der Waals surface area contributed by atoms with Crippen molar-refractivity contribution >= 4 is 19.8 Å². The van der Waals surface area contributed by atoms with E-state index in [9.17, 15) is 19.0 Å². The summed E-state index contributed by atoms with van der Waals surface area (Å²) in [6.45, 7) is 3.95. The number of aliphatic carboxylic acids is 1. The Morgan fingerprint density at radius 1 is 0.467 bits per heavy atom. The van der Waals surface area contributed by atoms with E-state index < -0.39 is 45.1 Å². The minimum Gasteiger partial charge on any atom is -0.480 e. The highest BCUT2D eigenvalue weighted by atomic mass is 31.2. The molecule has 0 heterocycles. The van der Waals surface area contributed by atoms with Crippen LogP contribution in [-0.4, -0.2) is 60.5 Å². The summed E-state index contributed by atoms with van der Waals surface area (Å²) in [5, 5.41) is 8.92. The van der Waals surface area contributed by atoms with E-state index in [4.69, 9.17) is 29.4 Å². The third-order valence-electron chi connectivity index (χ3n) is 11.6. The summed E-state index contributed by atoms with van der Waals surface area (Å²) in [7, 11) is -4.61. The maximum absolute atomic E-state index is 12.7. The van der Waals surface area contributed by atoms with Gasteiger partial charge in [0.2, 0.25) is 0 Å². The Kier molecular flexibility index (Phi) is 45.2. The topological polar surface area (TPSA) is 155 Å². The fraction of sp³-hybridized carbons (Fsp3) is 0.959. The molecule has 0 amide bonds. The largest absolute Gasteiger partial charge is 0.480 e. The second-order valence-corrected chi connectivity index (χ2v) is 19.1. The van der Waals surface area contributed by atoms with E-state index in [2.05, 4.69) is 13.8 Å². The molecule has 0 bridgehead atoms. The van der Waals surface area contributed by atoms with E-state index in [0.717, 1.165) is 38.5 Å². The molecule has 10 nitrogen and oxygen atoms in total. The van der Waals surface area contributed by atoms with Gasteiger partial charge in [-0.1, -0.05) is 245 Å². The lowest BCUT2D eigenvalue weighted by Gasteiger charge is -2.20. The monoisotopic (exact) mass is 876 g/mol. The third-order valence-corrected chi connectivity index (χ3v) is 12.6. The molecule has 0 fully saturated rings. The highest BCUT2D eigenvalue weighted by molar-refractivity contribution is 7.47. The van der Waals surface area contributed by atoms with Crippen molar-refractivity contribution in [3.8, 4) is 0 Å². The Bertz CT molecular complexity index is 971. The Labute approximate surface area is 370 Å². The number of carbonyl (C=O) groups excluding carboxylic acids is 1. The molecular formula is C49H98NO9P. The van der Waals surface area contributed by atoms with Crippen molar-refractivity contribution < 1.29 is 42.7 Å². The molecule has 0 aromatic rings. The predicted octanol–water partition coefficient (Wildman–Crippen LogP) is 14.7. The summed E-state index contributed by atoms with van der Waals surface area (Å²) < 4.78 is 33.5. The second kappa shape index (κ2) is 46.0. The molecule has 1 unspecified atom stereocenters. The Morgan fingerprint density at radius 2 is 0.767 bits per heavy atom. The molecule has 358 valence electrons. The van der Waals surface area contributed by atoms with Gasteiger partial charge in [0, 0.05) is 13.0 Å². The number of carbonyl (C=O) groups is 2. The van der Waals surface area contributed by atoms with Crippen LogP contribution < -0.4 is 5.73 Å². The molecule has 0 spiro atoms. The van der Waals surface area contributed by atoms with Crippen LogP contribution in [0.5, 0.6) is 0 Å². The van der Waals surface area contributed by atoms with Crippen molar-refractivity contribution in [3.63, 3.8) is 0 Å². The standard InChI is InChI=1S/C49H98NO9P/c1-3-5-7-9-11-13-15-17-19-20-21-22-23-24-25-26-27-28-29-31-33-35-37-39-41-48(51)59-46(44-57-60(54,55)58-45-47(50)49(52)53)43-56-42-40-38-36-34-32-30-18-16-14-12-10-8-6-4-2/h46-47H,3-45,50H2,1-2H3,(H,52,53)(H,54,55)/t46-,47+/m1/s1. The quantitative estimate of drug-likeness (QED) is 0.0306. The average molecular weight is 876 g/mol. The van der Waals surface area contributed by atoms with Gasteiger partial charge in [-0.3, -0.25) is 18.6 Å². The smallest absolute Gasteiger partial charge is 0.472 e. The molecule has 0 aliphatic rings. The van der Waals surface area contributed by atoms with Gasteiger partial charge in [0.25, 0.3) is 0 Å². The van der Waals surface area contributed by atoms with Crippen molar-refractivity contribution in [1.29, 1.82) is 0 Å². The maximum Gasteiger partial charge on any atom is 0.472 e. The molecule has 0 saturated carbocycles. The minimum atomic E-state index is -4.61. The lowest BCUT2D eigenvalue weighted by Crippen LogP contribution is -2.34. The first-order valence-electron chi connectivity index (χ1n) is 25.6. The van der Waals surface area contributed by atoms with Gasteiger partial charge in [-0.05, 0) is 12.8 Å². The highest BCUT2D eigenvalue weighted by Gasteiger charge is 2.27. The number of hydrogen-bond acceptors (Lipinski definition) is 8. The number of ether oxygens (including phenoxy) is 2. The van der Waals surface area contributed by atoms with Gasteiger partial charge in [-0.25, -0.2) is 4.57 Å². The van der Waals surface area contributed by atoms with Gasteiger partial charge in [-0.15, -0.1) is 0 Å². The number of rotatable bonds is 50. The first-order chi connectivity index (χ1) is 29.2. The molecule has 0 rings (SSSR count). The normalized spacial score (nSPS) is 13.7. The number of esters is 1. The van der Waals surface area contributed by atoms with Crippen LogP contribution >= 0.6 is 7.82 Å². The lowest BCUT2D eigenvalue weighted by atomic mass is 10.0. The summed E-state index contributed by atoms with van der Waals surface area (Å²) in [5.74, 6) is -1.76. The van der Waals surface area contributed by atoms with Crippen molar-refractivity contribution in [2.24, 2.45) is 5.73 Å². The summed E-state index contributed by atoms with van der Waals surface area (Å²) in [6, 6.07) is -1.47. The van der Waals surface area contributed by atoms with Crippen molar-refractivity contribution in [2.45, 2.75) is 276 Å². The molecule has 0 aliphatic heterocycles. The zero-order valence-electron chi connectivity index (χ0n) is 39.3. The Balaban J connectivity index is 4.03. The van der Waals surface area contributed by atoms with E-state index in [-0.39, 0.29) is 13.0 Å². The first kappa shape index (κ1) is 59.0.